The van der Waals surface area contributed by atoms with E-state index in [0.29, 0.717) is 6.54 Å². The fourth-order valence-corrected chi connectivity index (χ4v) is 1.83. The minimum absolute atomic E-state index is 0.0481. The van der Waals surface area contributed by atoms with Crippen molar-refractivity contribution in [2.45, 2.75) is 0 Å². The largest absolute Gasteiger partial charge is 0.304 e. The maximum atomic E-state index is 11.3. The number of anilines is 1. The van der Waals surface area contributed by atoms with Crippen LogP contribution in [-0.2, 0) is 4.79 Å². The second kappa shape index (κ2) is 3.34. The second-order valence-corrected chi connectivity index (χ2v) is 3.66. The maximum Gasteiger partial charge on any atom is 0.251 e. The Kier molecular flexibility index (Phi) is 2.19. The van der Waals surface area contributed by atoms with Crippen LogP contribution in [-0.4, -0.2) is 12.5 Å². The summed E-state index contributed by atoms with van der Waals surface area (Å²) < 4.78 is 0.951. The van der Waals surface area contributed by atoms with Crippen LogP contribution in [0.2, 0.25) is 0 Å². The third-order valence-electron chi connectivity index (χ3n) is 1.96. The summed E-state index contributed by atoms with van der Waals surface area (Å²) in [5.41, 5.74) is 0.928. The molecule has 1 aromatic rings. The second-order valence-electron chi connectivity index (χ2n) is 2.80. The molecule has 0 aromatic heterocycles. The molecule has 0 fully saturated rings. The Balaban J connectivity index is 2.36. The highest BCUT2D eigenvalue weighted by Gasteiger charge is 2.17. The predicted molar refractivity (Wildman–Crippen MR) is 55.6 cm³/mol. The first-order valence-electron chi connectivity index (χ1n) is 4.01. The maximum absolute atomic E-state index is 11.3. The van der Waals surface area contributed by atoms with E-state index in [-0.39, 0.29) is 5.91 Å². The normalized spacial score (nSPS) is 15.5. The van der Waals surface area contributed by atoms with Crippen LogP contribution >= 0.6 is 15.9 Å². The van der Waals surface area contributed by atoms with Gasteiger partial charge in [0.1, 0.15) is 0 Å². The molecule has 66 valence electrons. The number of benzene rings is 1. The van der Waals surface area contributed by atoms with Gasteiger partial charge in [-0.2, -0.15) is 0 Å². The zero-order valence-corrected chi connectivity index (χ0v) is 8.49. The van der Waals surface area contributed by atoms with Gasteiger partial charge >= 0.3 is 0 Å². The molecule has 2 rings (SSSR count). The Morgan fingerprint density at radius 1 is 1.31 bits per heavy atom. The Morgan fingerprint density at radius 2 is 2.08 bits per heavy atom. The fraction of sp³-hybridized carbons (Fsp3) is 0.100. The lowest BCUT2D eigenvalue weighted by Gasteiger charge is -2.16. The van der Waals surface area contributed by atoms with E-state index >= 15 is 0 Å². The molecule has 0 unspecified atom stereocenters. The highest BCUT2D eigenvalue weighted by atomic mass is 79.9. The first-order chi connectivity index (χ1) is 6.29. The lowest BCUT2D eigenvalue weighted by atomic mass is 10.3. The molecule has 0 saturated heterocycles. The first kappa shape index (κ1) is 8.51. The molecule has 0 saturated carbocycles. The van der Waals surface area contributed by atoms with Gasteiger partial charge in [0.15, 0.2) is 0 Å². The molecule has 0 aliphatic carbocycles. The van der Waals surface area contributed by atoms with Crippen molar-refractivity contribution in [1.82, 2.24) is 0 Å². The number of carbonyl (C=O) groups is 1. The van der Waals surface area contributed by atoms with Gasteiger partial charge in [-0.05, 0) is 28.1 Å². The van der Waals surface area contributed by atoms with Crippen molar-refractivity contribution in [3.05, 3.63) is 40.9 Å². The first-order valence-corrected chi connectivity index (χ1v) is 4.81. The average molecular weight is 238 g/mol. The molecule has 13 heavy (non-hydrogen) atoms. The Bertz CT molecular complexity index is 373. The summed E-state index contributed by atoms with van der Waals surface area (Å²) in [6.07, 6.45) is 3.46. The van der Waals surface area contributed by atoms with Gasteiger partial charge in [-0.3, -0.25) is 4.79 Å². The van der Waals surface area contributed by atoms with Crippen LogP contribution in [0.4, 0.5) is 5.69 Å². The lowest BCUT2D eigenvalue weighted by molar-refractivity contribution is -0.113. The monoisotopic (exact) mass is 237 g/mol. The summed E-state index contributed by atoms with van der Waals surface area (Å²) in [7, 11) is 0. The fourth-order valence-electron chi connectivity index (χ4n) is 1.33. The van der Waals surface area contributed by atoms with Gasteiger partial charge in [-0.1, -0.05) is 18.2 Å². The quantitative estimate of drug-likeness (QED) is 0.735. The minimum Gasteiger partial charge on any atom is -0.304 e. The smallest absolute Gasteiger partial charge is 0.251 e. The summed E-state index contributed by atoms with van der Waals surface area (Å²) in [6, 6.07) is 7.71. The Labute approximate surface area is 85.0 Å². The number of amides is 1. The summed E-state index contributed by atoms with van der Waals surface area (Å²) in [5.74, 6) is 0.0481. The highest BCUT2D eigenvalue weighted by molar-refractivity contribution is 9.10. The van der Waals surface area contributed by atoms with Crippen LogP contribution < -0.4 is 4.90 Å². The third kappa shape index (κ3) is 1.52. The number of para-hydroxylation sites is 1. The number of hydrogen-bond donors (Lipinski definition) is 0. The molecule has 1 aliphatic heterocycles. The number of nitrogens with zero attached hydrogens (tertiary/aromatic N) is 1. The molecule has 1 heterocycles. The van der Waals surface area contributed by atoms with Crippen LogP contribution in [0.15, 0.2) is 40.9 Å². The number of rotatable bonds is 1. The molecule has 2 nitrogen and oxygen atoms in total. The molecule has 0 N–H and O–H groups in total. The summed E-state index contributed by atoms with van der Waals surface area (Å²) in [4.78, 5) is 13.1. The van der Waals surface area contributed by atoms with E-state index in [0.717, 1.165) is 10.2 Å². The van der Waals surface area contributed by atoms with Gasteiger partial charge in [-0.15, -0.1) is 0 Å². The zero-order chi connectivity index (χ0) is 9.26. The molecule has 0 bridgehead atoms. The zero-order valence-electron chi connectivity index (χ0n) is 6.90. The summed E-state index contributed by atoms with van der Waals surface area (Å²) in [6.45, 7) is 0.668. The van der Waals surface area contributed by atoms with Gasteiger partial charge in [-0.25, -0.2) is 0 Å². The molecule has 0 spiro atoms. The van der Waals surface area contributed by atoms with Crippen molar-refractivity contribution in [3.8, 4) is 0 Å². The van der Waals surface area contributed by atoms with Crippen LogP contribution in [0.3, 0.4) is 0 Å². The molecule has 0 atom stereocenters. The molecule has 1 amide bonds. The van der Waals surface area contributed by atoms with Crippen molar-refractivity contribution in [1.29, 1.82) is 0 Å². The van der Waals surface area contributed by atoms with Crippen LogP contribution in [0.5, 0.6) is 0 Å². The van der Waals surface area contributed by atoms with Gasteiger partial charge in [0, 0.05) is 17.1 Å². The summed E-state index contributed by atoms with van der Waals surface area (Å²) in [5, 5.41) is 0. The van der Waals surface area contributed by atoms with Gasteiger partial charge in [0.25, 0.3) is 5.91 Å². The van der Waals surface area contributed by atoms with Crippen molar-refractivity contribution in [3.63, 3.8) is 0 Å². The molecule has 1 aliphatic rings. The lowest BCUT2D eigenvalue weighted by Crippen LogP contribution is -2.24. The van der Waals surface area contributed by atoms with E-state index in [1.807, 2.05) is 30.3 Å². The number of carbonyl (C=O) groups excluding carboxylic acids is 1. The van der Waals surface area contributed by atoms with E-state index in [1.165, 1.54) is 0 Å². The Morgan fingerprint density at radius 3 is 2.69 bits per heavy atom. The minimum atomic E-state index is 0.0481. The average Bonchev–Trinajstić information content (AvgIpc) is 2.52. The van der Waals surface area contributed by atoms with Crippen LogP contribution in [0.25, 0.3) is 0 Å². The topological polar surface area (TPSA) is 20.3 Å². The van der Waals surface area contributed by atoms with Crippen molar-refractivity contribution >= 4 is 27.5 Å². The number of hydrogen-bond acceptors (Lipinski definition) is 1. The number of halogens is 1. The van der Waals surface area contributed by atoms with Crippen molar-refractivity contribution in [2.75, 3.05) is 11.4 Å². The summed E-state index contributed by atoms with van der Waals surface area (Å²) >= 11 is 3.41. The standard InChI is InChI=1S/C10H8BrNO/c11-8-4-1-2-5-9(8)12-7-3-6-10(12)13/h1-6H,7H2. The van der Waals surface area contributed by atoms with E-state index in [9.17, 15) is 4.79 Å². The molecule has 1 aromatic carbocycles. The van der Waals surface area contributed by atoms with E-state index in [2.05, 4.69) is 15.9 Å². The third-order valence-corrected chi connectivity index (χ3v) is 2.63. The van der Waals surface area contributed by atoms with Gasteiger partial charge in [0.05, 0.1) is 5.69 Å². The highest BCUT2D eigenvalue weighted by Crippen LogP contribution is 2.27. The molecular weight excluding hydrogens is 230 g/mol. The van der Waals surface area contributed by atoms with E-state index in [4.69, 9.17) is 0 Å². The van der Waals surface area contributed by atoms with Gasteiger partial charge in [0.2, 0.25) is 0 Å². The van der Waals surface area contributed by atoms with E-state index in [1.54, 1.807) is 11.0 Å². The predicted octanol–water partition coefficient (Wildman–Crippen LogP) is 2.35. The van der Waals surface area contributed by atoms with E-state index < -0.39 is 0 Å². The van der Waals surface area contributed by atoms with Crippen LogP contribution in [0, 0.1) is 0 Å². The Hall–Kier alpha value is -1.09. The van der Waals surface area contributed by atoms with Crippen molar-refractivity contribution in [2.24, 2.45) is 0 Å². The molecule has 3 heteroatoms. The van der Waals surface area contributed by atoms with Gasteiger partial charge < -0.3 is 4.90 Å². The molecular formula is C10H8BrNO. The SMILES string of the molecule is O=C1C=CCN1c1ccccc1Br. The van der Waals surface area contributed by atoms with Crippen LogP contribution in [0.1, 0.15) is 0 Å². The van der Waals surface area contributed by atoms with Crippen molar-refractivity contribution < 1.29 is 4.79 Å². The molecule has 0 radical (unpaired) electrons.